The summed E-state index contributed by atoms with van der Waals surface area (Å²) in [4.78, 5) is 14.6. The van der Waals surface area contributed by atoms with Crippen molar-refractivity contribution in [1.29, 1.82) is 0 Å². The first kappa shape index (κ1) is 16.9. The van der Waals surface area contributed by atoms with E-state index in [9.17, 15) is 15.2 Å². The minimum atomic E-state index is -0.633. The van der Waals surface area contributed by atoms with Crippen LogP contribution in [0.2, 0.25) is 0 Å². The first-order valence-electron chi connectivity index (χ1n) is 7.41. The lowest BCUT2D eigenvalue weighted by Gasteiger charge is -2.03. The molecular weight excluding hydrogens is 384 g/mol. The molecule has 0 unspecified atom stereocenters. The highest BCUT2D eigenvalue weighted by Crippen LogP contribution is 2.32. The van der Waals surface area contributed by atoms with Gasteiger partial charge in [0.25, 0.3) is 0 Å². The zero-order valence-corrected chi connectivity index (χ0v) is 14.6. The number of nitro groups is 1. The quantitative estimate of drug-likeness (QED) is 0.360. The van der Waals surface area contributed by atoms with Gasteiger partial charge in [-0.25, -0.2) is 0 Å². The highest BCUT2D eigenvalue weighted by atomic mass is 79.9. The van der Waals surface area contributed by atoms with Crippen LogP contribution in [0.1, 0.15) is 5.56 Å². The third-order valence-corrected chi connectivity index (χ3v) is 4.07. The van der Waals surface area contributed by atoms with Gasteiger partial charge in [-0.2, -0.15) is 0 Å². The number of hydrogen-bond donors (Lipinski definition) is 1. The standard InChI is InChI=1S/C19H13BrN2O3/c20-16-10-15(19(23)18(11-16)22(24)25)12-21-17-8-6-14(7-9-17)13-4-2-1-3-5-13/h1-12,23H. The Kier molecular flexibility index (Phi) is 4.90. The summed E-state index contributed by atoms with van der Waals surface area (Å²) in [5.74, 6) is -0.405. The maximum absolute atomic E-state index is 11.0. The third-order valence-electron chi connectivity index (χ3n) is 3.61. The molecule has 0 atom stereocenters. The summed E-state index contributed by atoms with van der Waals surface area (Å²) in [6.45, 7) is 0. The number of phenolic OH excluding ortho intramolecular Hbond substituents is 1. The summed E-state index contributed by atoms with van der Waals surface area (Å²) >= 11 is 3.20. The molecule has 0 bridgehead atoms. The second-order valence-electron chi connectivity index (χ2n) is 5.29. The average Bonchev–Trinajstić information content (AvgIpc) is 2.63. The molecule has 0 spiro atoms. The van der Waals surface area contributed by atoms with E-state index in [4.69, 9.17) is 0 Å². The van der Waals surface area contributed by atoms with E-state index in [2.05, 4.69) is 20.9 Å². The van der Waals surface area contributed by atoms with Gasteiger partial charge in [-0.15, -0.1) is 0 Å². The number of nitro benzene ring substituents is 1. The van der Waals surface area contributed by atoms with Gasteiger partial charge >= 0.3 is 5.69 Å². The number of hydrogen-bond acceptors (Lipinski definition) is 4. The van der Waals surface area contributed by atoms with Crippen LogP contribution in [0, 0.1) is 10.1 Å². The SMILES string of the molecule is O=[N+]([O-])c1cc(Br)cc(C=Nc2ccc(-c3ccccc3)cc2)c1O. The molecule has 3 aromatic carbocycles. The van der Waals surface area contributed by atoms with Crippen LogP contribution in [0.4, 0.5) is 11.4 Å². The van der Waals surface area contributed by atoms with Crippen molar-refractivity contribution in [3.8, 4) is 16.9 Å². The summed E-state index contributed by atoms with van der Waals surface area (Å²) < 4.78 is 0.498. The van der Waals surface area contributed by atoms with Crippen LogP contribution in [-0.4, -0.2) is 16.2 Å². The Morgan fingerprint density at radius 3 is 2.28 bits per heavy atom. The molecule has 25 heavy (non-hydrogen) atoms. The Bertz CT molecular complexity index is 939. The molecule has 6 heteroatoms. The summed E-state index contributed by atoms with van der Waals surface area (Å²) in [6, 6.07) is 20.4. The third kappa shape index (κ3) is 3.92. The van der Waals surface area contributed by atoms with E-state index in [1.165, 1.54) is 12.3 Å². The Hall–Kier alpha value is -2.99. The lowest BCUT2D eigenvalue weighted by atomic mass is 10.1. The topological polar surface area (TPSA) is 75.7 Å². The van der Waals surface area contributed by atoms with E-state index >= 15 is 0 Å². The van der Waals surface area contributed by atoms with Crippen LogP contribution < -0.4 is 0 Å². The molecule has 0 saturated heterocycles. The monoisotopic (exact) mass is 396 g/mol. The summed E-state index contributed by atoms with van der Waals surface area (Å²) in [5.41, 5.74) is 2.77. The Balaban J connectivity index is 1.87. The zero-order chi connectivity index (χ0) is 17.8. The number of aliphatic imine (C=N–C) groups is 1. The maximum atomic E-state index is 11.0. The van der Waals surface area contributed by atoms with E-state index in [1.54, 1.807) is 6.07 Å². The van der Waals surface area contributed by atoms with Crippen LogP contribution in [0.25, 0.3) is 11.1 Å². The van der Waals surface area contributed by atoms with Gasteiger partial charge in [-0.05, 0) is 29.3 Å². The summed E-state index contributed by atoms with van der Waals surface area (Å²) in [7, 11) is 0. The molecule has 0 fully saturated rings. The molecule has 0 amide bonds. The molecule has 0 radical (unpaired) electrons. The van der Waals surface area contributed by atoms with Crippen molar-refractivity contribution < 1.29 is 10.0 Å². The second-order valence-corrected chi connectivity index (χ2v) is 6.21. The molecule has 0 aliphatic rings. The highest BCUT2D eigenvalue weighted by molar-refractivity contribution is 9.10. The van der Waals surface area contributed by atoms with Crippen LogP contribution in [0.15, 0.2) is 76.2 Å². The molecule has 0 saturated carbocycles. The van der Waals surface area contributed by atoms with Crippen molar-refractivity contribution >= 4 is 33.5 Å². The van der Waals surface area contributed by atoms with Crippen LogP contribution in [0.3, 0.4) is 0 Å². The molecule has 3 aromatic rings. The van der Waals surface area contributed by atoms with Crippen molar-refractivity contribution in [2.75, 3.05) is 0 Å². The highest BCUT2D eigenvalue weighted by Gasteiger charge is 2.17. The zero-order valence-electron chi connectivity index (χ0n) is 13.0. The Morgan fingerprint density at radius 2 is 1.64 bits per heavy atom. The smallest absolute Gasteiger partial charge is 0.312 e. The predicted octanol–water partition coefficient (Wildman–Crippen LogP) is 5.48. The van der Waals surface area contributed by atoms with Gasteiger partial charge in [0, 0.05) is 22.3 Å². The van der Waals surface area contributed by atoms with Crippen molar-refractivity contribution in [3.05, 3.63) is 86.9 Å². The van der Waals surface area contributed by atoms with Crippen LogP contribution in [-0.2, 0) is 0 Å². The maximum Gasteiger partial charge on any atom is 0.312 e. The van der Waals surface area contributed by atoms with Gasteiger partial charge in [-0.3, -0.25) is 15.1 Å². The fourth-order valence-corrected chi connectivity index (χ4v) is 2.82. The fourth-order valence-electron chi connectivity index (χ4n) is 2.36. The molecule has 0 heterocycles. The summed E-state index contributed by atoms with van der Waals surface area (Å²) in [5, 5.41) is 21.0. The molecule has 3 rings (SSSR count). The van der Waals surface area contributed by atoms with Crippen molar-refractivity contribution in [2.45, 2.75) is 0 Å². The number of aromatic hydroxyl groups is 1. The number of nitrogens with zero attached hydrogens (tertiary/aromatic N) is 2. The van der Waals surface area contributed by atoms with Crippen molar-refractivity contribution in [1.82, 2.24) is 0 Å². The van der Waals surface area contributed by atoms with Crippen molar-refractivity contribution in [2.24, 2.45) is 4.99 Å². The van der Waals surface area contributed by atoms with E-state index in [1.807, 2.05) is 54.6 Å². The number of benzene rings is 3. The Labute approximate surface area is 152 Å². The largest absolute Gasteiger partial charge is 0.502 e. The second kappa shape index (κ2) is 7.27. The number of halogens is 1. The molecule has 124 valence electrons. The average molecular weight is 397 g/mol. The first-order valence-corrected chi connectivity index (χ1v) is 8.20. The Morgan fingerprint density at radius 1 is 1.00 bits per heavy atom. The van der Waals surface area contributed by atoms with Crippen molar-refractivity contribution in [3.63, 3.8) is 0 Å². The van der Waals surface area contributed by atoms with Crippen LogP contribution >= 0.6 is 15.9 Å². The molecule has 0 aliphatic carbocycles. The molecular formula is C19H13BrN2O3. The number of rotatable bonds is 4. The van der Waals surface area contributed by atoms with E-state index in [0.717, 1.165) is 11.1 Å². The van der Waals surface area contributed by atoms with Gasteiger partial charge in [0.1, 0.15) is 0 Å². The lowest BCUT2D eigenvalue weighted by Crippen LogP contribution is -1.92. The van der Waals surface area contributed by atoms with E-state index in [-0.39, 0.29) is 11.3 Å². The summed E-state index contributed by atoms with van der Waals surface area (Å²) in [6.07, 6.45) is 1.41. The molecule has 5 nitrogen and oxygen atoms in total. The minimum Gasteiger partial charge on any atom is -0.502 e. The van der Waals surface area contributed by atoms with Gasteiger partial charge in [0.05, 0.1) is 10.6 Å². The normalized spacial score (nSPS) is 10.9. The minimum absolute atomic E-state index is 0.271. The molecule has 1 N–H and O–H groups in total. The fraction of sp³-hybridized carbons (Fsp3) is 0. The van der Waals surface area contributed by atoms with E-state index in [0.29, 0.717) is 10.2 Å². The van der Waals surface area contributed by atoms with E-state index < -0.39 is 10.7 Å². The van der Waals surface area contributed by atoms with Crippen LogP contribution in [0.5, 0.6) is 5.75 Å². The van der Waals surface area contributed by atoms with Gasteiger partial charge in [0.2, 0.25) is 5.75 Å². The predicted molar refractivity (Wildman–Crippen MR) is 102 cm³/mol. The lowest BCUT2D eigenvalue weighted by molar-refractivity contribution is -0.385. The molecule has 0 aromatic heterocycles. The molecule has 0 aliphatic heterocycles. The van der Waals surface area contributed by atoms with Gasteiger partial charge in [-0.1, -0.05) is 58.4 Å². The number of phenols is 1. The van der Waals surface area contributed by atoms with Gasteiger partial charge < -0.3 is 5.11 Å². The van der Waals surface area contributed by atoms with Gasteiger partial charge in [0.15, 0.2) is 0 Å². The first-order chi connectivity index (χ1) is 12.0.